The van der Waals surface area contributed by atoms with Gasteiger partial charge in [-0.1, -0.05) is 13.3 Å². The molecule has 0 radical (unpaired) electrons. The molecule has 5 heteroatoms. The molecule has 0 aliphatic rings. The number of nitrogens with two attached hydrogens (primary N) is 1. The van der Waals surface area contributed by atoms with Crippen molar-refractivity contribution in [3.8, 4) is 0 Å². The van der Waals surface area contributed by atoms with Crippen molar-refractivity contribution in [3.63, 3.8) is 0 Å². The highest BCUT2D eigenvalue weighted by atomic mass is 35.5. The van der Waals surface area contributed by atoms with Crippen molar-refractivity contribution in [1.29, 1.82) is 5.41 Å². The molecule has 0 aliphatic carbocycles. The number of unbranched alkanes of at least 4 members (excludes halogenated alkanes) is 1. The molecule has 4 nitrogen and oxygen atoms in total. The number of nitrogens with one attached hydrogen (secondary N) is 3. The van der Waals surface area contributed by atoms with E-state index in [4.69, 9.17) is 11.3 Å². The van der Waals surface area contributed by atoms with E-state index in [9.17, 15) is 0 Å². The number of hydrogen-bond donors (Lipinski definition) is 4. The maximum Gasteiger partial charge on any atom is 0.202 e. The number of guanidine groups is 1. The monoisotopic (exact) mass is 166 g/mol. The lowest BCUT2D eigenvalue weighted by Crippen LogP contribution is -2.40. The van der Waals surface area contributed by atoms with Crippen molar-refractivity contribution in [3.05, 3.63) is 0 Å². The topological polar surface area (TPSA) is 73.9 Å². The van der Waals surface area contributed by atoms with E-state index in [1.807, 2.05) is 0 Å². The van der Waals surface area contributed by atoms with Crippen molar-refractivity contribution in [1.82, 2.24) is 10.7 Å². The maximum atomic E-state index is 6.97. The first kappa shape index (κ1) is 12.2. The summed E-state index contributed by atoms with van der Waals surface area (Å²) in [5.41, 5.74) is 2.20. The Morgan fingerprint density at radius 3 is 2.60 bits per heavy atom. The Hall–Kier alpha value is -0.480. The minimum absolute atomic E-state index is 0. The van der Waals surface area contributed by atoms with Crippen LogP contribution in [0.25, 0.3) is 0 Å². The van der Waals surface area contributed by atoms with Crippen LogP contribution in [0.15, 0.2) is 0 Å². The first-order chi connectivity index (χ1) is 4.31. The molecule has 0 spiro atoms. The second-order valence-corrected chi connectivity index (χ2v) is 1.80. The Bertz CT molecular complexity index is 85.7. The molecule has 5 N–H and O–H groups in total. The first-order valence-corrected chi connectivity index (χ1v) is 3.10. The predicted octanol–water partition coefficient (Wildman–Crippen LogP) is 0.196. The van der Waals surface area contributed by atoms with E-state index in [1.165, 1.54) is 0 Å². The van der Waals surface area contributed by atoms with Gasteiger partial charge in [0.1, 0.15) is 0 Å². The van der Waals surface area contributed by atoms with E-state index in [0.717, 1.165) is 19.4 Å². The van der Waals surface area contributed by atoms with Crippen LogP contribution in [0.4, 0.5) is 0 Å². The van der Waals surface area contributed by atoms with Gasteiger partial charge < -0.3 is 5.32 Å². The summed E-state index contributed by atoms with van der Waals surface area (Å²) >= 11 is 0. The second-order valence-electron chi connectivity index (χ2n) is 1.80. The lowest BCUT2D eigenvalue weighted by molar-refractivity contribution is 0.733. The van der Waals surface area contributed by atoms with Crippen LogP contribution in [0.2, 0.25) is 0 Å². The van der Waals surface area contributed by atoms with E-state index in [-0.39, 0.29) is 18.4 Å². The molecule has 0 atom stereocenters. The summed E-state index contributed by atoms with van der Waals surface area (Å²) < 4.78 is 0. The minimum Gasteiger partial charge on any atom is -0.356 e. The highest BCUT2D eigenvalue weighted by Gasteiger charge is 1.86. The highest BCUT2D eigenvalue weighted by molar-refractivity contribution is 5.85. The molecular formula is C5H15ClN4. The Labute approximate surface area is 67.4 Å². The van der Waals surface area contributed by atoms with Crippen LogP contribution in [-0.4, -0.2) is 12.5 Å². The summed E-state index contributed by atoms with van der Waals surface area (Å²) in [7, 11) is 0. The molecule has 0 aliphatic heterocycles. The molecule has 0 aromatic carbocycles. The molecule has 0 amide bonds. The number of rotatable bonds is 3. The van der Waals surface area contributed by atoms with E-state index >= 15 is 0 Å². The van der Waals surface area contributed by atoms with Crippen molar-refractivity contribution in [2.75, 3.05) is 6.54 Å². The van der Waals surface area contributed by atoms with Gasteiger partial charge in [-0.25, -0.2) is 5.84 Å². The third kappa shape index (κ3) is 7.52. The molecule has 0 fully saturated rings. The maximum absolute atomic E-state index is 6.97. The number of halogens is 1. The largest absolute Gasteiger partial charge is 0.356 e. The van der Waals surface area contributed by atoms with Crippen molar-refractivity contribution in [2.24, 2.45) is 5.84 Å². The summed E-state index contributed by atoms with van der Waals surface area (Å²) in [5, 5.41) is 9.75. The van der Waals surface area contributed by atoms with E-state index < -0.39 is 0 Å². The summed E-state index contributed by atoms with van der Waals surface area (Å²) in [5.74, 6) is 5.10. The van der Waals surface area contributed by atoms with Gasteiger partial charge in [-0.3, -0.25) is 10.8 Å². The van der Waals surface area contributed by atoms with Gasteiger partial charge in [0, 0.05) is 6.54 Å². The summed E-state index contributed by atoms with van der Waals surface area (Å²) in [6.07, 6.45) is 2.20. The van der Waals surface area contributed by atoms with Crippen LogP contribution >= 0.6 is 12.4 Å². The Morgan fingerprint density at radius 2 is 2.20 bits per heavy atom. The third-order valence-electron chi connectivity index (χ3n) is 0.976. The van der Waals surface area contributed by atoms with Crippen LogP contribution in [0.5, 0.6) is 0 Å². The van der Waals surface area contributed by atoms with Gasteiger partial charge in [0.15, 0.2) is 0 Å². The van der Waals surface area contributed by atoms with Crippen molar-refractivity contribution >= 4 is 18.4 Å². The highest BCUT2D eigenvalue weighted by Crippen LogP contribution is 1.80. The van der Waals surface area contributed by atoms with Crippen LogP contribution in [-0.2, 0) is 0 Å². The quantitative estimate of drug-likeness (QED) is 0.159. The van der Waals surface area contributed by atoms with Crippen LogP contribution in [0.3, 0.4) is 0 Å². The average Bonchev–Trinajstić information content (AvgIpc) is 1.89. The molecule has 62 valence electrons. The molecule has 0 heterocycles. The van der Waals surface area contributed by atoms with E-state index in [2.05, 4.69) is 17.7 Å². The average molecular weight is 167 g/mol. The molecule has 0 bridgehead atoms. The Morgan fingerprint density at radius 1 is 1.60 bits per heavy atom. The minimum atomic E-state index is 0. The number of hydrazine groups is 1. The first-order valence-electron chi connectivity index (χ1n) is 3.10. The summed E-state index contributed by atoms with van der Waals surface area (Å²) in [4.78, 5) is 0. The van der Waals surface area contributed by atoms with Gasteiger partial charge in [0.25, 0.3) is 0 Å². The van der Waals surface area contributed by atoms with Crippen LogP contribution in [0.1, 0.15) is 19.8 Å². The van der Waals surface area contributed by atoms with Gasteiger partial charge in [0.2, 0.25) is 5.96 Å². The SMILES string of the molecule is CCCCNC(=N)NN.Cl. The fourth-order valence-electron chi connectivity index (χ4n) is 0.441. The van der Waals surface area contributed by atoms with Gasteiger partial charge in [-0.05, 0) is 6.42 Å². The van der Waals surface area contributed by atoms with E-state index in [0.29, 0.717) is 0 Å². The predicted molar refractivity (Wildman–Crippen MR) is 45.2 cm³/mol. The molecule has 0 unspecified atom stereocenters. The molecule has 0 aromatic rings. The lowest BCUT2D eigenvalue weighted by Gasteiger charge is -2.03. The van der Waals surface area contributed by atoms with Crippen molar-refractivity contribution in [2.45, 2.75) is 19.8 Å². The molecule has 0 aromatic heterocycles. The van der Waals surface area contributed by atoms with Crippen LogP contribution < -0.4 is 16.6 Å². The normalized spacial score (nSPS) is 7.80. The zero-order valence-electron chi connectivity index (χ0n) is 6.11. The van der Waals surface area contributed by atoms with Gasteiger partial charge in [-0.2, -0.15) is 0 Å². The fourth-order valence-corrected chi connectivity index (χ4v) is 0.441. The Balaban J connectivity index is 0. The van der Waals surface area contributed by atoms with Crippen molar-refractivity contribution < 1.29 is 0 Å². The zero-order chi connectivity index (χ0) is 7.11. The summed E-state index contributed by atoms with van der Waals surface area (Å²) in [6.45, 7) is 2.92. The standard InChI is InChI=1S/C5H14N4.ClH/c1-2-3-4-8-5(6)9-7;/h2-4,7H2,1H3,(H3,6,8,9);1H. The van der Waals surface area contributed by atoms with E-state index in [1.54, 1.807) is 0 Å². The second kappa shape index (κ2) is 8.52. The fraction of sp³-hybridized carbons (Fsp3) is 0.800. The molecule has 0 rings (SSSR count). The van der Waals surface area contributed by atoms with Gasteiger partial charge >= 0.3 is 0 Å². The molecule has 10 heavy (non-hydrogen) atoms. The third-order valence-corrected chi connectivity index (χ3v) is 0.976. The lowest BCUT2D eigenvalue weighted by atomic mass is 10.3. The molecule has 0 saturated heterocycles. The van der Waals surface area contributed by atoms with Gasteiger partial charge in [0.05, 0.1) is 0 Å². The van der Waals surface area contributed by atoms with Crippen LogP contribution in [0, 0.1) is 5.41 Å². The molecular weight excluding hydrogens is 152 g/mol. The molecule has 0 saturated carbocycles. The Kier molecular flexibility index (Phi) is 10.4. The smallest absolute Gasteiger partial charge is 0.202 e. The zero-order valence-corrected chi connectivity index (χ0v) is 6.92. The van der Waals surface area contributed by atoms with Gasteiger partial charge in [-0.15, -0.1) is 12.4 Å². The number of hydrogen-bond acceptors (Lipinski definition) is 2. The summed E-state index contributed by atoms with van der Waals surface area (Å²) in [6, 6.07) is 0.